The van der Waals surface area contributed by atoms with Crippen LogP contribution in [0.1, 0.15) is 24.9 Å². The van der Waals surface area contributed by atoms with Gasteiger partial charge in [0.25, 0.3) is 0 Å². The van der Waals surface area contributed by atoms with E-state index in [1.54, 1.807) is 0 Å². The molecule has 1 aliphatic heterocycles. The van der Waals surface area contributed by atoms with Crippen molar-refractivity contribution in [2.45, 2.75) is 19.4 Å². The van der Waals surface area contributed by atoms with Gasteiger partial charge in [-0.25, -0.2) is 0 Å². The lowest BCUT2D eigenvalue weighted by atomic mass is 10.1. The molecule has 2 unspecified atom stereocenters. The van der Waals surface area contributed by atoms with Crippen LogP contribution in [0.4, 0.5) is 0 Å². The number of rotatable bonds is 4. The van der Waals surface area contributed by atoms with Crippen molar-refractivity contribution in [1.82, 2.24) is 15.2 Å². The average Bonchev–Trinajstić information content (AvgIpc) is 2.78. The minimum absolute atomic E-state index is 0.518. The predicted octanol–water partition coefficient (Wildman–Crippen LogP) is 1.68. The molecule has 2 atom stereocenters. The molecule has 1 aliphatic rings. The Kier molecular flexibility index (Phi) is 3.91. The van der Waals surface area contributed by atoms with Crippen LogP contribution in [0, 0.1) is 5.92 Å². The summed E-state index contributed by atoms with van der Waals surface area (Å²) in [6.07, 6.45) is 5.08. The van der Waals surface area contributed by atoms with E-state index in [1.807, 2.05) is 19.4 Å². The Balaban J connectivity index is 1.94. The normalized spacial score (nSPS) is 23.5. The van der Waals surface area contributed by atoms with Crippen LogP contribution < -0.4 is 5.32 Å². The van der Waals surface area contributed by atoms with Gasteiger partial charge < -0.3 is 5.32 Å². The highest BCUT2D eigenvalue weighted by atomic mass is 15.2. The summed E-state index contributed by atoms with van der Waals surface area (Å²) < 4.78 is 0. The van der Waals surface area contributed by atoms with E-state index in [9.17, 15) is 0 Å². The quantitative estimate of drug-likeness (QED) is 0.835. The SMILES string of the molecule is CNCC1CCN(C(C)c2ccncc2)C1. The first-order chi connectivity index (χ1) is 7.81. The number of pyridine rings is 1. The second kappa shape index (κ2) is 5.41. The Labute approximate surface area is 97.9 Å². The van der Waals surface area contributed by atoms with Gasteiger partial charge in [0.2, 0.25) is 0 Å². The lowest BCUT2D eigenvalue weighted by Crippen LogP contribution is -2.27. The van der Waals surface area contributed by atoms with Crippen molar-refractivity contribution in [2.24, 2.45) is 5.92 Å². The highest BCUT2D eigenvalue weighted by molar-refractivity contribution is 5.14. The molecule has 2 heterocycles. The zero-order valence-corrected chi connectivity index (χ0v) is 10.2. The predicted molar refractivity (Wildman–Crippen MR) is 66.3 cm³/mol. The van der Waals surface area contributed by atoms with Crippen molar-refractivity contribution < 1.29 is 0 Å². The fourth-order valence-electron chi connectivity index (χ4n) is 2.52. The average molecular weight is 219 g/mol. The molecule has 0 saturated carbocycles. The highest BCUT2D eigenvalue weighted by Gasteiger charge is 2.25. The van der Waals surface area contributed by atoms with Gasteiger partial charge in [0, 0.05) is 25.0 Å². The summed E-state index contributed by atoms with van der Waals surface area (Å²) in [7, 11) is 2.04. The van der Waals surface area contributed by atoms with Crippen molar-refractivity contribution in [3.8, 4) is 0 Å². The first-order valence-electron chi connectivity index (χ1n) is 6.10. The van der Waals surface area contributed by atoms with Crippen LogP contribution in [0.15, 0.2) is 24.5 Å². The number of hydrogen-bond donors (Lipinski definition) is 1. The van der Waals surface area contributed by atoms with Gasteiger partial charge in [-0.05, 0) is 57.1 Å². The Hall–Kier alpha value is -0.930. The van der Waals surface area contributed by atoms with Gasteiger partial charge >= 0.3 is 0 Å². The fourth-order valence-corrected chi connectivity index (χ4v) is 2.52. The molecule has 1 fully saturated rings. The zero-order chi connectivity index (χ0) is 11.4. The van der Waals surface area contributed by atoms with E-state index in [2.05, 4.69) is 34.3 Å². The van der Waals surface area contributed by atoms with Gasteiger partial charge in [0.05, 0.1) is 0 Å². The first kappa shape index (κ1) is 11.6. The van der Waals surface area contributed by atoms with E-state index in [1.165, 1.54) is 25.1 Å². The summed E-state index contributed by atoms with van der Waals surface area (Å²) in [4.78, 5) is 6.64. The third-order valence-corrected chi connectivity index (χ3v) is 3.55. The van der Waals surface area contributed by atoms with E-state index in [0.717, 1.165) is 12.5 Å². The maximum atomic E-state index is 4.07. The molecule has 3 heteroatoms. The molecular weight excluding hydrogens is 198 g/mol. The minimum atomic E-state index is 0.518. The standard InChI is InChI=1S/C13H21N3/c1-11(13-3-6-15-7-4-13)16-8-5-12(10-16)9-14-2/h3-4,6-7,11-12,14H,5,8-10H2,1-2H3. The van der Waals surface area contributed by atoms with Crippen LogP contribution in [0.5, 0.6) is 0 Å². The van der Waals surface area contributed by atoms with E-state index in [0.29, 0.717) is 6.04 Å². The van der Waals surface area contributed by atoms with Gasteiger partial charge in [-0.15, -0.1) is 0 Å². The molecule has 3 nitrogen and oxygen atoms in total. The molecule has 0 aromatic carbocycles. The fraction of sp³-hybridized carbons (Fsp3) is 0.615. The number of hydrogen-bond acceptors (Lipinski definition) is 3. The Bertz CT molecular complexity index is 312. The summed E-state index contributed by atoms with van der Waals surface area (Å²) in [5, 5.41) is 3.27. The third kappa shape index (κ3) is 2.60. The molecule has 2 rings (SSSR count). The number of nitrogens with one attached hydrogen (secondary N) is 1. The van der Waals surface area contributed by atoms with Crippen LogP contribution >= 0.6 is 0 Å². The monoisotopic (exact) mass is 219 g/mol. The zero-order valence-electron chi connectivity index (χ0n) is 10.2. The van der Waals surface area contributed by atoms with Crippen LogP contribution in [0.3, 0.4) is 0 Å². The molecule has 0 amide bonds. The second-order valence-corrected chi connectivity index (χ2v) is 4.66. The molecule has 88 valence electrons. The molecule has 1 aromatic rings. The largest absolute Gasteiger partial charge is 0.319 e. The van der Waals surface area contributed by atoms with Crippen LogP contribution in [-0.2, 0) is 0 Å². The Morgan fingerprint density at radius 1 is 1.50 bits per heavy atom. The minimum Gasteiger partial charge on any atom is -0.319 e. The number of aromatic nitrogens is 1. The topological polar surface area (TPSA) is 28.2 Å². The lowest BCUT2D eigenvalue weighted by molar-refractivity contribution is 0.252. The summed E-state index contributed by atoms with van der Waals surface area (Å²) in [6.45, 7) is 5.86. The Morgan fingerprint density at radius 3 is 2.94 bits per heavy atom. The summed E-state index contributed by atoms with van der Waals surface area (Å²) in [5.74, 6) is 0.814. The number of likely N-dealkylation sites (tertiary alicyclic amines) is 1. The highest BCUT2D eigenvalue weighted by Crippen LogP contribution is 2.26. The summed E-state index contributed by atoms with van der Waals surface area (Å²) >= 11 is 0. The van der Waals surface area contributed by atoms with Gasteiger partial charge in [0.1, 0.15) is 0 Å². The van der Waals surface area contributed by atoms with E-state index >= 15 is 0 Å². The smallest absolute Gasteiger partial charge is 0.0321 e. The molecule has 1 aromatic heterocycles. The summed E-state index contributed by atoms with van der Waals surface area (Å²) in [6, 6.07) is 4.76. The maximum absolute atomic E-state index is 4.07. The van der Waals surface area contributed by atoms with E-state index in [4.69, 9.17) is 0 Å². The molecule has 0 spiro atoms. The lowest BCUT2D eigenvalue weighted by Gasteiger charge is -2.24. The van der Waals surface area contributed by atoms with E-state index in [-0.39, 0.29) is 0 Å². The molecule has 0 radical (unpaired) electrons. The van der Waals surface area contributed by atoms with Crippen LogP contribution in [0.25, 0.3) is 0 Å². The summed E-state index contributed by atoms with van der Waals surface area (Å²) in [5.41, 5.74) is 1.38. The number of nitrogens with zero attached hydrogens (tertiary/aromatic N) is 2. The molecule has 0 aliphatic carbocycles. The first-order valence-corrected chi connectivity index (χ1v) is 6.10. The molecule has 0 bridgehead atoms. The second-order valence-electron chi connectivity index (χ2n) is 4.66. The maximum Gasteiger partial charge on any atom is 0.0321 e. The van der Waals surface area contributed by atoms with Gasteiger partial charge in [-0.3, -0.25) is 9.88 Å². The van der Waals surface area contributed by atoms with Crippen molar-refractivity contribution in [3.05, 3.63) is 30.1 Å². The molecule has 16 heavy (non-hydrogen) atoms. The molecule has 1 N–H and O–H groups in total. The molecular formula is C13H21N3. The van der Waals surface area contributed by atoms with Gasteiger partial charge in [-0.2, -0.15) is 0 Å². The van der Waals surface area contributed by atoms with Gasteiger partial charge in [0.15, 0.2) is 0 Å². The van der Waals surface area contributed by atoms with Crippen molar-refractivity contribution in [1.29, 1.82) is 0 Å². The van der Waals surface area contributed by atoms with Gasteiger partial charge in [-0.1, -0.05) is 0 Å². The van der Waals surface area contributed by atoms with Crippen LogP contribution in [0.2, 0.25) is 0 Å². The van der Waals surface area contributed by atoms with Crippen molar-refractivity contribution in [3.63, 3.8) is 0 Å². The third-order valence-electron chi connectivity index (χ3n) is 3.55. The Morgan fingerprint density at radius 2 is 2.25 bits per heavy atom. The molecule has 1 saturated heterocycles. The van der Waals surface area contributed by atoms with E-state index < -0.39 is 0 Å². The van der Waals surface area contributed by atoms with Crippen molar-refractivity contribution in [2.75, 3.05) is 26.7 Å². The van der Waals surface area contributed by atoms with Crippen LogP contribution in [-0.4, -0.2) is 36.6 Å². The van der Waals surface area contributed by atoms with Crippen molar-refractivity contribution >= 4 is 0 Å².